The van der Waals surface area contributed by atoms with Crippen LogP contribution in [-0.2, 0) is 14.3 Å². The maximum absolute atomic E-state index is 12.5. The fourth-order valence-electron chi connectivity index (χ4n) is 2.63. The van der Waals surface area contributed by atoms with E-state index in [0.29, 0.717) is 36.2 Å². The van der Waals surface area contributed by atoms with Gasteiger partial charge in [0.1, 0.15) is 12.3 Å². The number of ether oxygens (including phenoxy) is 2. The van der Waals surface area contributed by atoms with Crippen LogP contribution in [0.1, 0.15) is 6.92 Å². The summed E-state index contributed by atoms with van der Waals surface area (Å²) >= 11 is 5.99. The van der Waals surface area contributed by atoms with Crippen LogP contribution in [0.4, 0.5) is 5.69 Å². The van der Waals surface area contributed by atoms with Crippen LogP contribution >= 0.6 is 11.6 Å². The molecule has 0 aliphatic carbocycles. The molecule has 3 rings (SSSR count). The molecule has 2 aliphatic heterocycles. The van der Waals surface area contributed by atoms with Crippen molar-refractivity contribution >= 4 is 29.1 Å². The summed E-state index contributed by atoms with van der Waals surface area (Å²) < 4.78 is 10.8. The molecule has 0 radical (unpaired) electrons. The second kappa shape index (κ2) is 6.14. The number of anilines is 1. The van der Waals surface area contributed by atoms with Gasteiger partial charge in [0.05, 0.1) is 18.4 Å². The van der Waals surface area contributed by atoms with Gasteiger partial charge in [-0.1, -0.05) is 11.6 Å². The van der Waals surface area contributed by atoms with Crippen molar-refractivity contribution in [1.29, 1.82) is 0 Å². The Balaban J connectivity index is 1.78. The molecule has 1 aromatic carbocycles. The highest BCUT2D eigenvalue weighted by Gasteiger charge is 2.30. The molecular formula is C15H17ClN2O4. The van der Waals surface area contributed by atoms with Crippen LogP contribution in [0.3, 0.4) is 0 Å². The lowest BCUT2D eigenvalue weighted by Crippen LogP contribution is -2.50. The number of hydrogen-bond donors (Lipinski definition) is 0. The van der Waals surface area contributed by atoms with Crippen molar-refractivity contribution < 1.29 is 19.1 Å². The number of hydrogen-bond acceptors (Lipinski definition) is 4. The van der Waals surface area contributed by atoms with Crippen molar-refractivity contribution in [3.63, 3.8) is 0 Å². The fraction of sp³-hybridized carbons (Fsp3) is 0.467. The second-order valence-corrected chi connectivity index (χ2v) is 5.84. The minimum absolute atomic E-state index is 0.0117. The molecule has 2 amide bonds. The molecular weight excluding hydrogens is 308 g/mol. The molecule has 2 heterocycles. The van der Waals surface area contributed by atoms with Crippen LogP contribution in [0, 0.1) is 0 Å². The third-order valence-electron chi connectivity index (χ3n) is 3.75. The lowest BCUT2D eigenvalue weighted by Gasteiger charge is -2.34. The number of morpholine rings is 1. The Morgan fingerprint density at radius 1 is 1.45 bits per heavy atom. The van der Waals surface area contributed by atoms with Crippen LogP contribution < -0.4 is 9.64 Å². The van der Waals surface area contributed by atoms with E-state index in [2.05, 4.69) is 0 Å². The molecule has 118 valence electrons. The van der Waals surface area contributed by atoms with Gasteiger partial charge in [0.15, 0.2) is 6.61 Å². The highest BCUT2D eigenvalue weighted by Crippen LogP contribution is 2.34. The molecule has 7 heteroatoms. The summed E-state index contributed by atoms with van der Waals surface area (Å²) in [5.74, 6) is 0.216. The summed E-state index contributed by atoms with van der Waals surface area (Å²) in [5, 5.41) is 0.495. The zero-order chi connectivity index (χ0) is 15.7. The Kier molecular flexibility index (Phi) is 4.22. The minimum atomic E-state index is -0.246. The number of benzene rings is 1. The first kappa shape index (κ1) is 15.1. The number of carbonyl (C=O) groups excluding carboxylic acids is 2. The van der Waals surface area contributed by atoms with Gasteiger partial charge < -0.3 is 14.4 Å². The Labute approximate surface area is 133 Å². The Morgan fingerprint density at radius 3 is 3.05 bits per heavy atom. The number of fused-ring (bicyclic) bond motifs is 1. The summed E-state index contributed by atoms with van der Waals surface area (Å²) in [4.78, 5) is 27.7. The average molecular weight is 325 g/mol. The summed E-state index contributed by atoms with van der Waals surface area (Å²) in [6, 6.07) is 5.04. The predicted octanol–water partition coefficient (Wildman–Crippen LogP) is 1.31. The van der Waals surface area contributed by atoms with Crippen molar-refractivity contribution in [2.24, 2.45) is 0 Å². The van der Waals surface area contributed by atoms with E-state index in [0.717, 1.165) is 0 Å². The molecule has 0 saturated carbocycles. The molecule has 22 heavy (non-hydrogen) atoms. The maximum Gasteiger partial charge on any atom is 0.265 e. The standard InChI is InChI=1S/C15H17ClN2O4/c1-10-7-17(4-5-21-10)14(19)8-18-12-6-11(16)2-3-13(12)22-9-15(18)20/h2-3,6,10H,4-5,7-9H2,1H3/t10-/m1/s1. The van der Waals surface area contributed by atoms with Crippen LogP contribution in [0.5, 0.6) is 5.75 Å². The third kappa shape index (κ3) is 3.03. The lowest BCUT2D eigenvalue weighted by atomic mass is 10.2. The van der Waals surface area contributed by atoms with Crippen LogP contribution in [0.15, 0.2) is 18.2 Å². The normalized spacial score (nSPS) is 21.4. The third-order valence-corrected chi connectivity index (χ3v) is 3.99. The van der Waals surface area contributed by atoms with Gasteiger partial charge in [-0.2, -0.15) is 0 Å². The number of carbonyl (C=O) groups is 2. The Hall–Kier alpha value is -1.79. The van der Waals surface area contributed by atoms with Gasteiger partial charge >= 0.3 is 0 Å². The number of amides is 2. The molecule has 1 aromatic rings. The average Bonchev–Trinajstić information content (AvgIpc) is 2.50. The van der Waals surface area contributed by atoms with Gasteiger partial charge in [-0.3, -0.25) is 14.5 Å². The molecule has 6 nitrogen and oxygen atoms in total. The Morgan fingerprint density at radius 2 is 2.27 bits per heavy atom. The lowest BCUT2D eigenvalue weighted by molar-refractivity contribution is -0.138. The summed E-state index contributed by atoms with van der Waals surface area (Å²) in [5.41, 5.74) is 0.540. The topological polar surface area (TPSA) is 59.1 Å². The van der Waals surface area contributed by atoms with Gasteiger partial charge in [0, 0.05) is 18.1 Å². The van der Waals surface area contributed by atoms with E-state index >= 15 is 0 Å². The number of rotatable bonds is 2. The summed E-state index contributed by atoms with van der Waals surface area (Å²) in [7, 11) is 0. The molecule has 0 bridgehead atoms. The Bertz CT molecular complexity index is 607. The molecule has 0 aromatic heterocycles. The quantitative estimate of drug-likeness (QED) is 0.823. The van der Waals surface area contributed by atoms with Gasteiger partial charge in [0.2, 0.25) is 5.91 Å². The fourth-order valence-corrected chi connectivity index (χ4v) is 2.80. The van der Waals surface area contributed by atoms with Gasteiger partial charge in [-0.05, 0) is 25.1 Å². The molecule has 2 aliphatic rings. The molecule has 0 unspecified atom stereocenters. The van der Waals surface area contributed by atoms with E-state index in [1.54, 1.807) is 23.1 Å². The van der Waals surface area contributed by atoms with E-state index in [4.69, 9.17) is 21.1 Å². The van der Waals surface area contributed by atoms with E-state index in [1.165, 1.54) is 4.90 Å². The largest absolute Gasteiger partial charge is 0.482 e. The van der Waals surface area contributed by atoms with Crippen molar-refractivity contribution in [2.75, 3.05) is 37.7 Å². The van der Waals surface area contributed by atoms with Crippen LogP contribution in [0.2, 0.25) is 5.02 Å². The molecule has 1 atom stereocenters. The first-order valence-electron chi connectivity index (χ1n) is 7.16. The molecule has 0 N–H and O–H groups in total. The first-order valence-corrected chi connectivity index (χ1v) is 7.54. The van der Waals surface area contributed by atoms with E-state index in [9.17, 15) is 9.59 Å². The van der Waals surface area contributed by atoms with Gasteiger partial charge in [0.25, 0.3) is 5.91 Å². The van der Waals surface area contributed by atoms with Crippen molar-refractivity contribution in [1.82, 2.24) is 4.90 Å². The van der Waals surface area contributed by atoms with Crippen molar-refractivity contribution in [2.45, 2.75) is 13.0 Å². The predicted molar refractivity (Wildman–Crippen MR) is 81.3 cm³/mol. The molecule has 1 fully saturated rings. The summed E-state index contributed by atoms with van der Waals surface area (Å²) in [6.45, 7) is 3.45. The smallest absolute Gasteiger partial charge is 0.265 e. The zero-order valence-corrected chi connectivity index (χ0v) is 13.0. The van der Waals surface area contributed by atoms with E-state index in [-0.39, 0.29) is 31.1 Å². The highest BCUT2D eigenvalue weighted by atomic mass is 35.5. The maximum atomic E-state index is 12.5. The SMILES string of the molecule is C[C@@H]1CN(C(=O)CN2C(=O)COc3ccc(Cl)cc32)CCO1. The van der Waals surface area contributed by atoms with E-state index < -0.39 is 0 Å². The first-order chi connectivity index (χ1) is 10.5. The monoisotopic (exact) mass is 324 g/mol. The highest BCUT2D eigenvalue weighted by molar-refractivity contribution is 6.31. The summed E-state index contributed by atoms with van der Waals surface area (Å²) in [6.07, 6.45) is 0.0137. The van der Waals surface area contributed by atoms with Crippen LogP contribution in [-0.4, -0.2) is 55.7 Å². The van der Waals surface area contributed by atoms with Gasteiger partial charge in [-0.15, -0.1) is 0 Å². The van der Waals surface area contributed by atoms with E-state index in [1.807, 2.05) is 6.92 Å². The molecule has 1 saturated heterocycles. The van der Waals surface area contributed by atoms with Crippen molar-refractivity contribution in [3.05, 3.63) is 23.2 Å². The number of nitrogens with zero attached hydrogens (tertiary/aromatic N) is 2. The number of halogens is 1. The second-order valence-electron chi connectivity index (χ2n) is 5.40. The zero-order valence-electron chi connectivity index (χ0n) is 12.3. The minimum Gasteiger partial charge on any atom is -0.482 e. The van der Waals surface area contributed by atoms with Gasteiger partial charge in [-0.25, -0.2) is 0 Å². The van der Waals surface area contributed by atoms with Crippen molar-refractivity contribution in [3.8, 4) is 5.75 Å². The van der Waals surface area contributed by atoms with Crippen LogP contribution in [0.25, 0.3) is 0 Å². The molecule has 0 spiro atoms.